The van der Waals surface area contributed by atoms with Crippen LogP contribution in [0.15, 0.2) is 79.1 Å². The monoisotopic (exact) mass is 565 g/mol. The van der Waals surface area contributed by atoms with Crippen LogP contribution in [0, 0.1) is 5.82 Å². The van der Waals surface area contributed by atoms with Gasteiger partial charge in [0.25, 0.3) is 0 Å². The van der Waals surface area contributed by atoms with E-state index in [1.54, 1.807) is 42.3 Å². The van der Waals surface area contributed by atoms with E-state index >= 15 is 0 Å². The number of carbonyl (C=O) groups is 1. The van der Waals surface area contributed by atoms with Crippen LogP contribution >= 0.6 is 23.2 Å². The summed E-state index contributed by atoms with van der Waals surface area (Å²) >= 11 is 13.0. The van der Waals surface area contributed by atoms with Crippen LogP contribution in [0.2, 0.25) is 10.0 Å². The third kappa shape index (κ3) is 5.88. The predicted octanol–water partition coefficient (Wildman–Crippen LogP) is 7.77. The molecule has 202 valence electrons. The number of hydrogen-bond donors (Lipinski definition) is 1. The molecule has 39 heavy (non-hydrogen) atoms. The summed E-state index contributed by atoms with van der Waals surface area (Å²) in [5.41, 5.74) is 2.58. The van der Waals surface area contributed by atoms with Gasteiger partial charge in [-0.1, -0.05) is 91.0 Å². The molecule has 1 saturated carbocycles. The summed E-state index contributed by atoms with van der Waals surface area (Å²) in [6, 6.07) is 19.1. The Morgan fingerprint density at radius 1 is 1.03 bits per heavy atom. The Kier molecular flexibility index (Phi) is 8.66. The number of nitrogens with one attached hydrogen (secondary N) is 1. The smallest absolute Gasteiger partial charge is 0.247 e. The van der Waals surface area contributed by atoms with E-state index in [2.05, 4.69) is 10.3 Å². The Balaban J connectivity index is 1.65. The molecule has 5 nitrogen and oxygen atoms in total. The van der Waals surface area contributed by atoms with Crippen LogP contribution in [-0.2, 0) is 9.53 Å². The lowest BCUT2D eigenvalue weighted by atomic mass is 9.94. The van der Waals surface area contributed by atoms with Gasteiger partial charge in [0.05, 0.1) is 5.02 Å². The van der Waals surface area contributed by atoms with Gasteiger partial charge in [0.15, 0.2) is 0 Å². The third-order valence-corrected chi connectivity index (χ3v) is 7.89. The molecule has 1 aliphatic carbocycles. The molecule has 1 aromatic heterocycles. The number of imidazole rings is 1. The lowest BCUT2D eigenvalue weighted by Gasteiger charge is -2.28. The Labute approximate surface area is 237 Å². The maximum atomic E-state index is 15.0. The van der Waals surface area contributed by atoms with E-state index in [1.807, 2.05) is 42.5 Å². The molecule has 2 unspecified atom stereocenters. The summed E-state index contributed by atoms with van der Waals surface area (Å²) in [4.78, 5) is 18.5. The van der Waals surface area contributed by atoms with E-state index in [1.165, 1.54) is 12.5 Å². The maximum Gasteiger partial charge on any atom is 0.247 e. The minimum atomic E-state index is -0.798. The van der Waals surface area contributed by atoms with E-state index < -0.39 is 18.0 Å². The van der Waals surface area contributed by atoms with Gasteiger partial charge in [-0.05, 0) is 47.7 Å². The fraction of sp³-hybridized carbons (Fsp3) is 0.290. The topological polar surface area (TPSA) is 56.2 Å². The number of halogens is 3. The van der Waals surface area contributed by atoms with E-state index in [9.17, 15) is 9.18 Å². The third-order valence-electron chi connectivity index (χ3n) is 7.28. The number of ether oxygens (including phenoxy) is 1. The van der Waals surface area contributed by atoms with Gasteiger partial charge >= 0.3 is 0 Å². The molecule has 0 spiro atoms. The van der Waals surface area contributed by atoms with Crippen molar-refractivity contribution in [3.05, 3.63) is 112 Å². The number of rotatable bonds is 8. The van der Waals surface area contributed by atoms with Crippen LogP contribution in [0.25, 0.3) is 11.4 Å². The molecule has 0 radical (unpaired) electrons. The summed E-state index contributed by atoms with van der Waals surface area (Å²) in [6.07, 6.45) is 8.01. The molecule has 4 aromatic rings. The van der Waals surface area contributed by atoms with E-state index in [0.29, 0.717) is 27.5 Å². The van der Waals surface area contributed by atoms with Gasteiger partial charge in [-0.2, -0.15) is 0 Å². The van der Waals surface area contributed by atoms with Crippen molar-refractivity contribution < 1.29 is 13.9 Å². The fourth-order valence-electron chi connectivity index (χ4n) is 5.44. The molecule has 1 amide bonds. The number of nitrogens with zero attached hydrogens (tertiary/aromatic N) is 2. The summed E-state index contributed by atoms with van der Waals surface area (Å²) in [7, 11) is 1.59. The highest BCUT2D eigenvalue weighted by Crippen LogP contribution is 2.40. The number of methoxy groups -OCH3 is 1. The Morgan fingerprint density at radius 3 is 2.49 bits per heavy atom. The SMILES string of the molecule is COC(c1ccccc1)c1ccc(F)c(Cl)c1-c1nccn1C(C(=O)NC1CCCCC1)c1cccc(Cl)c1. The number of hydrogen-bond acceptors (Lipinski definition) is 3. The van der Waals surface area contributed by atoms with Gasteiger partial charge in [-0.3, -0.25) is 4.79 Å². The molecule has 3 aromatic carbocycles. The first kappa shape index (κ1) is 27.4. The quantitative estimate of drug-likeness (QED) is 0.237. The standard InChI is InChI=1S/C31H30Cl2FN3O2/c1-39-29(20-9-4-2-5-10-20)24-15-16-25(34)27(33)26(24)30-35-17-18-37(30)28(21-11-8-12-22(32)19-21)31(38)36-23-13-6-3-7-14-23/h2,4-5,8-12,15-19,23,28-29H,3,6-7,13-14H2,1H3,(H,36,38). The van der Waals surface area contributed by atoms with Crippen molar-refractivity contribution in [1.29, 1.82) is 0 Å². The number of aromatic nitrogens is 2. The minimum Gasteiger partial charge on any atom is -0.372 e. The van der Waals surface area contributed by atoms with Gasteiger partial charge < -0.3 is 14.6 Å². The lowest BCUT2D eigenvalue weighted by Crippen LogP contribution is -2.41. The second-order valence-electron chi connectivity index (χ2n) is 9.81. The largest absolute Gasteiger partial charge is 0.372 e. The van der Waals surface area contributed by atoms with Gasteiger partial charge in [0, 0.05) is 36.1 Å². The van der Waals surface area contributed by atoms with E-state index in [-0.39, 0.29) is 17.0 Å². The van der Waals surface area contributed by atoms with Gasteiger partial charge in [0.1, 0.15) is 23.8 Å². The first-order valence-corrected chi connectivity index (χ1v) is 13.9. The molecule has 8 heteroatoms. The highest BCUT2D eigenvalue weighted by molar-refractivity contribution is 6.33. The Hall–Kier alpha value is -3.19. The van der Waals surface area contributed by atoms with E-state index in [0.717, 1.165) is 31.2 Å². The molecule has 1 heterocycles. The second kappa shape index (κ2) is 12.3. The summed E-state index contributed by atoms with van der Waals surface area (Å²) in [5.74, 6) is -0.404. The van der Waals surface area contributed by atoms with Gasteiger partial charge in [0.2, 0.25) is 5.91 Å². The Bertz CT molecular complexity index is 1440. The van der Waals surface area contributed by atoms with Crippen LogP contribution in [-0.4, -0.2) is 28.6 Å². The molecular weight excluding hydrogens is 536 g/mol. The van der Waals surface area contributed by atoms with Crippen molar-refractivity contribution in [2.24, 2.45) is 0 Å². The van der Waals surface area contributed by atoms with Crippen LogP contribution in [0.5, 0.6) is 0 Å². The summed E-state index contributed by atoms with van der Waals surface area (Å²) in [6.45, 7) is 0. The van der Waals surface area contributed by atoms with Crippen molar-refractivity contribution in [3.8, 4) is 11.4 Å². The zero-order valence-corrected chi connectivity index (χ0v) is 23.1. The van der Waals surface area contributed by atoms with Crippen molar-refractivity contribution in [3.63, 3.8) is 0 Å². The highest BCUT2D eigenvalue weighted by atomic mass is 35.5. The molecule has 1 fully saturated rings. The number of carbonyl (C=O) groups excluding carboxylic acids is 1. The van der Waals surface area contributed by atoms with Crippen molar-refractivity contribution in [2.75, 3.05) is 7.11 Å². The minimum absolute atomic E-state index is 0.0875. The highest BCUT2D eigenvalue weighted by Gasteiger charge is 2.31. The second-order valence-corrected chi connectivity index (χ2v) is 10.6. The summed E-state index contributed by atoms with van der Waals surface area (Å²) in [5, 5.41) is 3.67. The molecule has 0 saturated heterocycles. The number of benzene rings is 3. The molecule has 1 N–H and O–H groups in total. The van der Waals surface area contributed by atoms with Crippen LogP contribution in [0.1, 0.15) is 60.9 Å². The average Bonchev–Trinajstić information content (AvgIpc) is 3.41. The maximum absolute atomic E-state index is 15.0. The predicted molar refractivity (Wildman–Crippen MR) is 153 cm³/mol. The average molecular weight is 567 g/mol. The van der Waals surface area contributed by atoms with Crippen molar-refractivity contribution in [2.45, 2.75) is 50.3 Å². The first-order chi connectivity index (χ1) is 19.0. The number of amides is 1. The van der Waals surface area contributed by atoms with Crippen molar-refractivity contribution in [1.82, 2.24) is 14.9 Å². The van der Waals surface area contributed by atoms with Gasteiger partial charge in [-0.15, -0.1) is 0 Å². The van der Waals surface area contributed by atoms with Crippen LogP contribution < -0.4 is 5.32 Å². The van der Waals surface area contributed by atoms with Crippen LogP contribution in [0.4, 0.5) is 4.39 Å². The molecular formula is C31H30Cl2FN3O2. The summed E-state index contributed by atoms with van der Waals surface area (Å²) < 4.78 is 22.6. The van der Waals surface area contributed by atoms with Crippen LogP contribution in [0.3, 0.4) is 0 Å². The fourth-order valence-corrected chi connectivity index (χ4v) is 5.89. The zero-order chi connectivity index (χ0) is 27.4. The zero-order valence-electron chi connectivity index (χ0n) is 21.6. The molecule has 0 aliphatic heterocycles. The molecule has 1 aliphatic rings. The molecule has 2 atom stereocenters. The lowest BCUT2D eigenvalue weighted by molar-refractivity contribution is -0.124. The Morgan fingerprint density at radius 2 is 1.77 bits per heavy atom. The van der Waals surface area contributed by atoms with E-state index in [4.69, 9.17) is 27.9 Å². The van der Waals surface area contributed by atoms with Crippen molar-refractivity contribution >= 4 is 29.1 Å². The molecule has 5 rings (SSSR count). The normalized spacial score (nSPS) is 15.6. The first-order valence-electron chi connectivity index (χ1n) is 13.1. The molecule has 0 bridgehead atoms. The van der Waals surface area contributed by atoms with Gasteiger partial charge in [-0.25, -0.2) is 9.37 Å².